The fourth-order valence-corrected chi connectivity index (χ4v) is 8.34. The first kappa shape index (κ1) is 54.2. The number of allylic oxidation sites excluding steroid dienone is 1. The first-order valence-electron chi connectivity index (χ1n) is 24.5. The number of rotatable bonds is 28. The van der Waals surface area contributed by atoms with Gasteiger partial charge in [0.05, 0.1) is 39.6 Å². The normalized spacial score (nSPS) is 12.8. The first-order chi connectivity index (χ1) is 35.3. The van der Waals surface area contributed by atoms with E-state index in [2.05, 4.69) is 36.6 Å². The van der Waals surface area contributed by atoms with E-state index in [1.165, 1.54) is 24.3 Å². The lowest BCUT2D eigenvalue weighted by atomic mass is 9.96. The molecule has 0 spiro atoms. The second-order valence-corrected chi connectivity index (χ2v) is 16.6. The Bertz CT molecular complexity index is 2730. The number of carboxylic acid groups (broad SMARTS) is 1. The third-order valence-corrected chi connectivity index (χ3v) is 11.6. The van der Waals surface area contributed by atoms with Gasteiger partial charge in [-0.2, -0.15) is 0 Å². The summed E-state index contributed by atoms with van der Waals surface area (Å²) in [6.45, 7) is 11.0. The Morgan fingerprint density at radius 3 is 1.66 bits per heavy atom. The number of aromatic amines is 2. The zero-order valence-corrected chi connectivity index (χ0v) is 42.0. The number of aromatic nitrogens is 2. The zero-order valence-electron chi connectivity index (χ0n) is 42.0. The van der Waals surface area contributed by atoms with Crippen LogP contribution in [0.4, 0.5) is 0 Å². The van der Waals surface area contributed by atoms with Crippen LogP contribution >= 0.6 is 0 Å². The molecule has 5 aromatic rings. The Balaban J connectivity index is 1.37. The largest absolute Gasteiger partial charge is 0.490 e. The summed E-state index contributed by atoms with van der Waals surface area (Å²) in [6, 6.07) is 8.98. The molecule has 73 heavy (non-hydrogen) atoms. The summed E-state index contributed by atoms with van der Waals surface area (Å²) < 4.78 is 35.1. The van der Waals surface area contributed by atoms with Crippen molar-refractivity contribution in [2.75, 3.05) is 52.7 Å². The molecule has 20 nitrogen and oxygen atoms in total. The Kier molecular flexibility index (Phi) is 19.5. The van der Waals surface area contributed by atoms with Gasteiger partial charge in [0.1, 0.15) is 24.7 Å². The molecule has 0 saturated heterocycles. The summed E-state index contributed by atoms with van der Waals surface area (Å²) in [4.78, 5) is 89.9. The van der Waals surface area contributed by atoms with E-state index in [1.54, 1.807) is 53.9 Å². The molecular weight excluding hydrogens is 943 g/mol. The van der Waals surface area contributed by atoms with E-state index in [4.69, 9.17) is 28.4 Å². The summed E-state index contributed by atoms with van der Waals surface area (Å²) in [5, 5.41) is 23.7. The highest BCUT2D eigenvalue weighted by Gasteiger charge is 2.33. The van der Waals surface area contributed by atoms with Gasteiger partial charge in [-0.25, -0.2) is 0 Å². The van der Waals surface area contributed by atoms with Crippen LogP contribution in [0.3, 0.4) is 0 Å². The van der Waals surface area contributed by atoms with E-state index < -0.39 is 66.7 Å². The van der Waals surface area contributed by atoms with Crippen molar-refractivity contribution in [2.24, 2.45) is 0 Å². The SMILES string of the molecule is CCOc1cc(C(=O)NCC(NC(=O)c2cc(OCC)c(OCC)c(OCC)c2)C(=O)N[C@H](Cc2c[nH]c3ccccc23)C(=O)N[C@H](Cc2c[nH]c3c2CCC=C3)C(=O)NCC(=O)O)cc(OCC)c1OCC. The van der Waals surface area contributed by atoms with Gasteiger partial charge < -0.3 is 70.1 Å². The maximum absolute atomic E-state index is 14.9. The molecule has 6 rings (SSSR count). The van der Waals surface area contributed by atoms with Crippen molar-refractivity contribution in [3.63, 3.8) is 0 Å². The highest BCUT2D eigenvalue weighted by atomic mass is 16.5. The fraction of sp³-hybridized carbons (Fsp3) is 0.396. The van der Waals surface area contributed by atoms with Crippen LogP contribution in [-0.4, -0.2) is 121 Å². The monoisotopic (exact) mass is 1010 g/mol. The lowest BCUT2D eigenvalue weighted by molar-refractivity contribution is -0.138. The molecule has 20 heteroatoms. The number of carboxylic acids is 1. The third-order valence-electron chi connectivity index (χ3n) is 11.6. The lowest BCUT2D eigenvalue weighted by Gasteiger charge is -2.26. The molecule has 0 fully saturated rings. The van der Waals surface area contributed by atoms with Crippen molar-refractivity contribution in [3.05, 3.63) is 101 Å². The molecule has 390 valence electrons. The molecule has 1 unspecified atom stereocenters. The highest BCUT2D eigenvalue weighted by Crippen LogP contribution is 2.40. The molecule has 1 aliphatic carbocycles. The Labute approximate surface area is 423 Å². The number of amides is 5. The number of aliphatic carboxylic acids is 1. The second-order valence-electron chi connectivity index (χ2n) is 16.6. The van der Waals surface area contributed by atoms with Gasteiger partial charge in [-0.05, 0) is 107 Å². The number of para-hydroxylation sites is 1. The first-order valence-corrected chi connectivity index (χ1v) is 24.5. The van der Waals surface area contributed by atoms with Crippen LogP contribution in [0.25, 0.3) is 17.0 Å². The average Bonchev–Trinajstić information content (AvgIpc) is 3.99. The maximum Gasteiger partial charge on any atom is 0.322 e. The minimum Gasteiger partial charge on any atom is -0.490 e. The van der Waals surface area contributed by atoms with Crippen LogP contribution in [0.5, 0.6) is 34.5 Å². The summed E-state index contributed by atoms with van der Waals surface area (Å²) in [6.07, 6.45) is 8.74. The molecular formula is C53H65N7O13. The highest BCUT2D eigenvalue weighted by molar-refractivity contribution is 6.01. The molecule has 3 atom stereocenters. The molecule has 3 aromatic carbocycles. The van der Waals surface area contributed by atoms with Crippen LogP contribution in [0.2, 0.25) is 0 Å². The van der Waals surface area contributed by atoms with Gasteiger partial charge in [-0.1, -0.05) is 24.3 Å². The van der Waals surface area contributed by atoms with Gasteiger partial charge in [0.15, 0.2) is 23.0 Å². The van der Waals surface area contributed by atoms with E-state index in [9.17, 15) is 33.9 Å². The number of carbonyl (C=O) groups excluding carboxylic acids is 5. The standard InChI is InChI=1S/C53H65N7O13/c1-7-68-42-23-31(24-43(69-8-2)47(42)72-11-5)49(63)56-29-41(60-50(64)32-25-44(70-9-3)48(73-12-6)45(26-32)71-10-4)53(67)59-40(22-34-28-55-38-20-16-14-18-36(34)38)52(66)58-39(51(65)57-30-46(61)62)21-33-27-54-37-19-15-13-17-35(33)37/h14-16,18-20,23-28,39-41,54-55H,7-13,17,21-22,29-30H2,1-6H3,(H,56,63)(H,57,65)(H,58,66)(H,59,67)(H,60,64)(H,61,62)/t39-,40-,41?/m1/s1. The summed E-state index contributed by atoms with van der Waals surface area (Å²) in [5.41, 5.74) is 4.08. The summed E-state index contributed by atoms with van der Waals surface area (Å²) in [7, 11) is 0. The zero-order chi connectivity index (χ0) is 52.4. The minimum atomic E-state index is -1.55. The van der Waals surface area contributed by atoms with Crippen molar-refractivity contribution in [1.82, 2.24) is 36.6 Å². The average molecular weight is 1010 g/mol. The van der Waals surface area contributed by atoms with Crippen LogP contribution in [0.15, 0.2) is 67.0 Å². The maximum atomic E-state index is 14.9. The fourth-order valence-electron chi connectivity index (χ4n) is 8.34. The molecule has 0 bridgehead atoms. The second kappa shape index (κ2) is 26.3. The van der Waals surface area contributed by atoms with Crippen molar-refractivity contribution >= 4 is 52.5 Å². The molecule has 2 aromatic heterocycles. The number of hydrogen-bond donors (Lipinski definition) is 8. The molecule has 0 saturated carbocycles. The van der Waals surface area contributed by atoms with Gasteiger partial charge in [0.2, 0.25) is 29.2 Å². The van der Waals surface area contributed by atoms with Crippen LogP contribution in [-0.2, 0) is 38.4 Å². The third kappa shape index (κ3) is 14.0. The van der Waals surface area contributed by atoms with Crippen molar-refractivity contribution < 1.29 is 62.3 Å². The number of fused-ring (bicyclic) bond motifs is 2. The van der Waals surface area contributed by atoms with Crippen LogP contribution < -0.4 is 55.0 Å². The number of carbonyl (C=O) groups is 6. The van der Waals surface area contributed by atoms with Crippen molar-refractivity contribution in [3.8, 4) is 34.5 Å². The minimum absolute atomic E-state index is 0.00749. The van der Waals surface area contributed by atoms with Gasteiger partial charge in [-0.3, -0.25) is 28.8 Å². The van der Waals surface area contributed by atoms with Gasteiger partial charge in [0, 0.05) is 59.5 Å². The van der Waals surface area contributed by atoms with E-state index >= 15 is 0 Å². The van der Waals surface area contributed by atoms with E-state index in [-0.39, 0.29) is 85.8 Å². The topological polar surface area (TPSA) is 270 Å². The number of H-pyrrole nitrogens is 2. The number of hydrogen-bond acceptors (Lipinski definition) is 12. The van der Waals surface area contributed by atoms with Crippen LogP contribution in [0.1, 0.15) is 91.1 Å². The number of ether oxygens (including phenoxy) is 6. The van der Waals surface area contributed by atoms with Gasteiger partial charge >= 0.3 is 5.97 Å². The lowest BCUT2D eigenvalue weighted by Crippen LogP contribution is -2.59. The Hall–Kier alpha value is -8.16. The van der Waals surface area contributed by atoms with Crippen molar-refractivity contribution in [2.45, 2.75) is 85.4 Å². The molecule has 5 amide bonds. The molecule has 0 radical (unpaired) electrons. The quantitative estimate of drug-likeness (QED) is 0.0327. The predicted octanol–water partition coefficient (Wildman–Crippen LogP) is 5.03. The number of nitrogens with one attached hydrogen (secondary N) is 7. The summed E-state index contributed by atoms with van der Waals surface area (Å²) >= 11 is 0. The molecule has 8 N–H and O–H groups in total. The summed E-state index contributed by atoms with van der Waals surface area (Å²) in [5.74, 6) is -3.62. The van der Waals surface area contributed by atoms with E-state index in [0.29, 0.717) is 24.3 Å². The van der Waals surface area contributed by atoms with Gasteiger partial charge in [0.25, 0.3) is 11.8 Å². The number of benzene rings is 3. The molecule has 1 aliphatic rings. The molecule has 0 aliphatic heterocycles. The molecule has 2 heterocycles. The Morgan fingerprint density at radius 2 is 1.10 bits per heavy atom. The smallest absolute Gasteiger partial charge is 0.322 e. The Morgan fingerprint density at radius 1 is 0.589 bits per heavy atom. The van der Waals surface area contributed by atoms with Gasteiger partial charge in [-0.15, -0.1) is 0 Å². The van der Waals surface area contributed by atoms with Crippen LogP contribution in [0, 0.1) is 0 Å². The van der Waals surface area contributed by atoms with E-state index in [1.807, 2.05) is 36.4 Å². The van der Waals surface area contributed by atoms with E-state index in [0.717, 1.165) is 34.1 Å². The predicted molar refractivity (Wildman–Crippen MR) is 272 cm³/mol. The van der Waals surface area contributed by atoms with Crippen molar-refractivity contribution in [1.29, 1.82) is 0 Å².